The molecule has 0 spiro atoms. The van der Waals surface area contributed by atoms with Crippen LogP contribution < -0.4 is 16.2 Å². The predicted octanol–water partition coefficient (Wildman–Crippen LogP) is 2.51. The van der Waals surface area contributed by atoms with E-state index in [0.717, 1.165) is 16.7 Å². The van der Waals surface area contributed by atoms with Gasteiger partial charge in [-0.3, -0.25) is 4.79 Å². The maximum atomic E-state index is 12.1. The summed E-state index contributed by atoms with van der Waals surface area (Å²) in [4.78, 5) is 16.3. The first-order chi connectivity index (χ1) is 14.7. The first-order valence-corrected chi connectivity index (χ1v) is 11.7. The number of sulfonamides is 1. The number of rotatable bonds is 7. The standard InChI is InChI=1S/C22H28N4O4S/c1-4-31(28,29)26-9-7-15(8-10-26)14(2)18-11-17(12-19(21(18)23)22(24)27)16-5-6-20(30-3)25-13-16/h5-6,11-13,15H,2,4,7-10,23H2,1,3H3,(H2,24,27). The van der Waals surface area contributed by atoms with Gasteiger partial charge in [0.05, 0.1) is 24.1 Å². The molecule has 1 aromatic carbocycles. The monoisotopic (exact) mass is 444 g/mol. The number of hydrogen-bond acceptors (Lipinski definition) is 6. The lowest BCUT2D eigenvalue weighted by Gasteiger charge is -2.32. The minimum absolute atomic E-state index is 0.0515. The molecule has 31 heavy (non-hydrogen) atoms. The van der Waals surface area contributed by atoms with Gasteiger partial charge < -0.3 is 16.2 Å². The molecule has 0 aliphatic carbocycles. The van der Waals surface area contributed by atoms with E-state index in [2.05, 4.69) is 11.6 Å². The van der Waals surface area contributed by atoms with Gasteiger partial charge in [0.25, 0.3) is 5.91 Å². The van der Waals surface area contributed by atoms with Crippen molar-refractivity contribution in [3.63, 3.8) is 0 Å². The Labute approximate surface area is 183 Å². The number of benzene rings is 1. The van der Waals surface area contributed by atoms with Crippen molar-refractivity contribution in [2.75, 3.05) is 31.7 Å². The van der Waals surface area contributed by atoms with Crippen molar-refractivity contribution in [1.29, 1.82) is 0 Å². The van der Waals surface area contributed by atoms with Crippen LogP contribution in [0.5, 0.6) is 5.88 Å². The molecule has 1 saturated heterocycles. The van der Waals surface area contributed by atoms with Crippen LogP contribution in [-0.4, -0.2) is 49.6 Å². The molecular formula is C22H28N4O4S. The minimum Gasteiger partial charge on any atom is -0.481 e. The van der Waals surface area contributed by atoms with Gasteiger partial charge in [-0.1, -0.05) is 6.58 Å². The van der Waals surface area contributed by atoms with Crippen molar-refractivity contribution in [1.82, 2.24) is 9.29 Å². The van der Waals surface area contributed by atoms with Gasteiger partial charge in [-0.25, -0.2) is 17.7 Å². The normalized spacial score (nSPS) is 15.5. The highest BCUT2D eigenvalue weighted by atomic mass is 32.2. The number of primary amides is 1. The summed E-state index contributed by atoms with van der Waals surface area (Å²) >= 11 is 0. The van der Waals surface area contributed by atoms with Gasteiger partial charge in [0.15, 0.2) is 0 Å². The quantitative estimate of drug-likeness (QED) is 0.632. The number of pyridine rings is 1. The van der Waals surface area contributed by atoms with Crippen molar-refractivity contribution in [2.24, 2.45) is 11.7 Å². The van der Waals surface area contributed by atoms with Crippen LogP contribution in [0.3, 0.4) is 0 Å². The Morgan fingerprint density at radius 2 is 1.87 bits per heavy atom. The molecule has 0 bridgehead atoms. The number of nitrogens with zero attached hydrogens (tertiary/aromatic N) is 2. The van der Waals surface area contributed by atoms with E-state index in [1.165, 1.54) is 11.4 Å². The number of methoxy groups -OCH3 is 1. The van der Waals surface area contributed by atoms with E-state index in [1.807, 2.05) is 12.1 Å². The third kappa shape index (κ3) is 4.72. The summed E-state index contributed by atoms with van der Waals surface area (Å²) in [5.74, 6) is -0.00656. The van der Waals surface area contributed by atoms with E-state index in [1.54, 1.807) is 25.3 Å². The van der Waals surface area contributed by atoms with Crippen LogP contribution in [-0.2, 0) is 10.0 Å². The van der Waals surface area contributed by atoms with Gasteiger partial charge in [-0.15, -0.1) is 0 Å². The van der Waals surface area contributed by atoms with E-state index in [4.69, 9.17) is 16.2 Å². The van der Waals surface area contributed by atoms with Crippen LogP contribution in [0.2, 0.25) is 0 Å². The molecule has 4 N–H and O–H groups in total. The summed E-state index contributed by atoms with van der Waals surface area (Å²) in [6.07, 6.45) is 2.92. The molecule has 1 aliphatic rings. The Hall–Kier alpha value is -2.91. The molecule has 0 saturated carbocycles. The van der Waals surface area contributed by atoms with Crippen LogP contribution in [0.4, 0.5) is 5.69 Å². The average molecular weight is 445 g/mol. The van der Waals surface area contributed by atoms with Crippen molar-refractivity contribution in [3.05, 3.63) is 48.2 Å². The fraction of sp³-hybridized carbons (Fsp3) is 0.364. The predicted molar refractivity (Wildman–Crippen MR) is 122 cm³/mol. The Morgan fingerprint density at radius 3 is 2.39 bits per heavy atom. The van der Waals surface area contributed by atoms with Gasteiger partial charge in [-0.2, -0.15) is 0 Å². The molecule has 1 aliphatic heterocycles. The zero-order valence-electron chi connectivity index (χ0n) is 17.8. The van der Waals surface area contributed by atoms with E-state index in [9.17, 15) is 13.2 Å². The average Bonchev–Trinajstić information content (AvgIpc) is 2.78. The summed E-state index contributed by atoms with van der Waals surface area (Å²) < 4.78 is 30.9. The van der Waals surface area contributed by atoms with Gasteiger partial charge in [0, 0.05) is 36.5 Å². The van der Waals surface area contributed by atoms with Crippen LogP contribution >= 0.6 is 0 Å². The fourth-order valence-electron chi connectivity index (χ4n) is 3.85. The van der Waals surface area contributed by atoms with E-state index < -0.39 is 15.9 Å². The molecule has 2 aromatic rings. The Morgan fingerprint density at radius 1 is 1.23 bits per heavy atom. The summed E-state index contributed by atoms with van der Waals surface area (Å²) in [7, 11) is -1.67. The smallest absolute Gasteiger partial charge is 0.250 e. The Bertz CT molecular complexity index is 1090. The van der Waals surface area contributed by atoms with Crippen LogP contribution in [0.25, 0.3) is 16.7 Å². The van der Waals surface area contributed by atoms with Gasteiger partial charge in [0.2, 0.25) is 15.9 Å². The molecule has 3 rings (SSSR count). The molecule has 1 fully saturated rings. The number of carbonyl (C=O) groups is 1. The highest BCUT2D eigenvalue weighted by Gasteiger charge is 2.29. The van der Waals surface area contributed by atoms with Gasteiger partial charge in [-0.05, 0) is 55.0 Å². The van der Waals surface area contributed by atoms with Crippen molar-refractivity contribution in [3.8, 4) is 17.0 Å². The van der Waals surface area contributed by atoms with Crippen molar-refractivity contribution >= 4 is 27.2 Å². The number of carbonyl (C=O) groups excluding carboxylic acids is 1. The van der Waals surface area contributed by atoms with E-state index >= 15 is 0 Å². The minimum atomic E-state index is -3.21. The van der Waals surface area contributed by atoms with Gasteiger partial charge >= 0.3 is 0 Å². The third-order valence-corrected chi connectivity index (χ3v) is 7.66. The SMILES string of the molecule is C=C(c1cc(-c2ccc(OC)nc2)cc(C(N)=O)c1N)C1CCN(S(=O)(=O)CC)CC1. The molecule has 0 unspecified atom stereocenters. The number of anilines is 1. The summed E-state index contributed by atoms with van der Waals surface area (Å²) in [5.41, 5.74) is 15.3. The molecule has 0 atom stereocenters. The van der Waals surface area contributed by atoms with E-state index in [-0.39, 0.29) is 22.9 Å². The third-order valence-electron chi connectivity index (χ3n) is 5.78. The first-order valence-electron chi connectivity index (χ1n) is 10.1. The number of nitrogens with two attached hydrogens (primary N) is 2. The topological polar surface area (TPSA) is 129 Å². The first kappa shape index (κ1) is 22.8. The summed E-state index contributed by atoms with van der Waals surface area (Å²) in [5, 5.41) is 0. The molecule has 9 heteroatoms. The molecule has 166 valence electrons. The fourth-order valence-corrected chi connectivity index (χ4v) is 4.98. The molecule has 8 nitrogen and oxygen atoms in total. The maximum Gasteiger partial charge on any atom is 0.250 e. The largest absolute Gasteiger partial charge is 0.481 e. The maximum absolute atomic E-state index is 12.1. The summed E-state index contributed by atoms with van der Waals surface area (Å²) in [6.45, 7) is 6.76. The molecule has 1 amide bonds. The number of nitrogen functional groups attached to an aromatic ring is 1. The van der Waals surface area contributed by atoms with Crippen LogP contribution in [0.1, 0.15) is 35.7 Å². The number of aromatic nitrogens is 1. The van der Waals surface area contributed by atoms with Crippen LogP contribution in [0, 0.1) is 5.92 Å². The molecular weight excluding hydrogens is 416 g/mol. The molecule has 0 radical (unpaired) electrons. The Balaban J connectivity index is 1.93. The Kier molecular flexibility index (Phi) is 6.66. The number of piperidine rings is 1. The highest BCUT2D eigenvalue weighted by molar-refractivity contribution is 7.89. The number of amides is 1. The molecule has 2 heterocycles. The number of hydrogen-bond donors (Lipinski definition) is 2. The zero-order valence-corrected chi connectivity index (χ0v) is 18.6. The number of allylic oxidation sites excluding steroid dienone is 1. The lowest BCUT2D eigenvalue weighted by molar-refractivity contribution is 0.100. The zero-order chi connectivity index (χ0) is 22.8. The van der Waals surface area contributed by atoms with Crippen molar-refractivity contribution in [2.45, 2.75) is 19.8 Å². The molecule has 1 aromatic heterocycles. The second-order valence-electron chi connectivity index (χ2n) is 7.54. The summed E-state index contributed by atoms with van der Waals surface area (Å²) in [6, 6.07) is 7.09. The van der Waals surface area contributed by atoms with Gasteiger partial charge in [0.1, 0.15) is 0 Å². The lowest BCUT2D eigenvalue weighted by Crippen LogP contribution is -2.39. The van der Waals surface area contributed by atoms with E-state index in [0.29, 0.717) is 37.4 Å². The lowest BCUT2D eigenvalue weighted by atomic mass is 9.84. The second kappa shape index (κ2) is 9.07. The second-order valence-corrected chi connectivity index (χ2v) is 9.80. The van der Waals surface area contributed by atoms with Crippen molar-refractivity contribution < 1.29 is 17.9 Å². The van der Waals surface area contributed by atoms with Crippen LogP contribution in [0.15, 0.2) is 37.0 Å². The highest BCUT2D eigenvalue weighted by Crippen LogP contribution is 2.37. The number of ether oxygens (including phenoxy) is 1.